The summed E-state index contributed by atoms with van der Waals surface area (Å²) in [5, 5.41) is 8.02. The van der Waals surface area contributed by atoms with Crippen molar-refractivity contribution in [3.63, 3.8) is 0 Å². The molecule has 0 bridgehead atoms. The van der Waals surface area contributed by atoms with Crippen molar-refractivity contribution in [3.8, 4) is 0 Å². The SMILES string of the molecule is CCn1ccnc1[C@H]1OCCC[C@@H]1N[C@H](C)CCn1cccn1. The van der Waals surface area contributed by atoms with Gasteiger partial charge in [-0.25, -0.2) is 4.98 Å². The van der Waals surface area contributed by atoms with Crippen LogP contribution in [0.5, 0.6) is 0 Å². The molecule has 1 N–H and O–H groups in total. The zero-order valence-corrected chi connectivity index (χ0v) is 14.1. The van der Waals surface area contributed by atoms with Gasteiger partial charge in [0.25, 0.3) is 0 Å². The Balaban J connectivity index is 1.60. The molecule has 6 heteroatoms. The van der Waals surface area contributed by atoms with Crippen LogP contribution in [0, 0.1) is 0 Å². The maximum Gasteiger partial charge on any atom is 0.139 e. The van der Waals surface area contributed by atoms with Crippen LogP contribution in [0.2, 0.25) is 0 Å². The molecule has 0 saturated carbocycles. The van der Waals surface area contributed by atoms with E-state index in [0.29, 0.717) is 12.1 Å². The molecule has 0 amide bonds. The van der Waals surface area contributed by atoms with E-state index in [1.807, 2.05) is 35.5 Å². The Morgan fingerprint density at radius 1 is 1.39 bits per heavy atom. The van der Waals surface area contributed by atoms with Gasteiger partial charge in [0, 0.05) is 56.6 Å². The van der Waals surface area contributed by atoms with Crippen LogP contribution < -0.4 is 5.32 Å². The van der Waals surface area contributed by atoms with E-state index in [9.17, 15) is 0 Å². The normalized spacial score (nSPS) is 23.0. The summed E-state index contributed by atoms with van der Waals surface area (Å²) >= 11 is 0. The molecule has 3 heterocycles. The van der Waals surface area contributed by atoms with E-state index in [-0.39, 0.29) is 6.10 Å². The topological polar surface area (TPSA) is 56.9 Å². The smallest absolute Gasteiger partial charge is 0.139 e. The second-order valence-electron chi connectivity index (χ2n) is 6.24. The molecule has 0 radical (unpaired) electrons. The molecule has 1 aliphatic rings. The van der Waals surface area contributed by atoms with E-state index >= 15 is 0 Å². The summed E-state index contributed by atoms with van der Waals surface area (Å²) in [5.41, 5.74) is 0. The number of aryl methyl sites for hydroxylation is 2. The molecular weight excluding hydrogens is 290 g/mol. The third kappa shape index (κ3) is 4.00. The first-order valence-electron chi connectivity index (χ1n) is 8.64. The lowest BCUT2D eigenvalue weighted by Gasteiger charge is -2.34. The number of rotatable bonds is 7. The Morgan fingerprint density at radius 3 is 3.09 bits per heavy atom. The van der Waals surface area contributed by atoms with Crippen molar-refractivity contribution in [1.82, 2.24) is 24.6 Å². The minimum atomic E-state index is 0.0471. The second kappa shape index (κ2) is 7.75. The fraction of sp³-hybridized carbons (Fsp3) is 0.647. The van der Waals surface area contributed by atoms with Gasteiger partial charge in [0.15, 0.2) is 0 Å². The van der Waals surface area contributed by atoms with Crippen LogP contribution in [-0.2, 0) is 17.8 Å². The predicted octanol–water partition coefficient (Wildman–Crippen LogP) is 2.39. The molecule has 126 valence electrons. The van der Waals surface area contributed by atoms with Gasteiger partial charge >= 0.3 is 0 Å². The molecule has 1 fully saturated rings. The van der Waals surface area contributed by atoms with Crippen molar-refractivity contribution in [2.75, 3.05) is 6.61 Å². The molecule has 1 aliphatic heterocycles. The van der Waals surface area contributed by atoms with Crippen molar-refractivity contribution >= 4 is 0 Å². The summed E-state index contributed by atoms with van der Waals surface area (Å²) in [6.07, 6.45) is 11.1. The van der Waals surface area contributed by atoms with Gasteiger partial charge < -0.3 is 14.6 Å². The first kappa shape index (κ1) is 16.2. The summed E-state index contributed by atoms with van der Waals surface area (Å²) in [4.78, 5) is 4.54. The van der Waals surface area contributed by atoms with E-state index in [1.165, 1.54) is 0 Å². The average molecular weight is 317 g/mol. The van der Waals surface area contributed by atoms with E-state index < -0.39 is 0 Å². The monoisotopic (exact) mass is 317 g/mol. The highest BCUT2D eigenvalue weighted by Gasteiger charge is 2.31. The number of hydrogen-bond donors (Lipinski definition) is 1. The van der Waals surface area contributed by atoms with Gasteiger partial charge in [0.1, 0.15) is 11.9 Å². The van der Waals surface area contributed by atoms with Gasteiger partial charge in [-0.3, -0.25) is 4.68 Å². The molecule has 23 heavy (non-hydrogen) atoms. The number of imidazole rings is 1. The number of aromatic nitrogens is 4. The summed E-state index contributed by atoms with van der Waals surface area (Å²) in [7, 11) is 0. The highest BCUT2D eigenvalue weighted by atomic mass is 16.5. The lowest BCUT2D eigenvalue weighted by atomic mass is 10.00. The Labute approximate surface area is 137 Å². The van der Waals surface area contributed by atoms with Gasteiger partial charge in [-0.05, 0) is 39.2 Å². The van der Waals surface area contributed by atoms with Gasteiger partial charge in [0.05, 0.1) is 0 Å². The molecule has 0 spiro atoms. The van der Waals surface area contributed by atoms with Gasteiger partial charge in [-0.1, -0.05) is 0 Å². The third-order valence-corrected chi connectivity index (χ3v) is 4.51. The molecule has 1 saturated heterocycles. The molecule has 2 aromatic heterocycles. The van der Waals surface area contributed by atoms with Crippen molar-refractivity contribution in [2.45, 2.75) is 64.4 Å². The van der Waals surface area contributed by atoms with Crippen molar-refractivity contribution in [3.05, 3.63) is 36.7 Å². The number of nitrogens with zero attached hydrogens (tertiary/aromatic N) is 4. The number of ether oxygens (including phenoxy) is 1. The van der Waals surface area contributed by atoms with Gasteiger partial charge in [0.2, 0.25) is 0 Å². The largest absolute Gasteiger partial charge is 0.369 e. The zero-order valence-electron chi connectivity index (χ0n) is 14.1. The highest BCUT2D eigenvalue weighted by Crippen LogP contribution is 2.28. The fourth-order valence-electron chi connectivity index (χ4n) is 3.26. The molecule has 2 aromatic rings. The van der Waals surface area contributed by atoms with Crippen LogP contribution in [0.25, 0.3) is 0 Å². The third-order valence-electron chi connectivity index (χ3n) is 4.51. The van der Waals surface area contributed by atoms with Crippen LogP contribution >= 0.6 is 0 Å². The Morgan fingerprint density at radius 2 is 2.30 bits per heavy atom. The maximum atomic E-state index is 6.07. The van der Waals surface area contributed by atoms with Crippen LogP contribution in [0.1, 0.15) is 45.0 Å². The predicted molar refractivity (Wildman–Crippen MR) is 89.1 cm³/mol. The number of nitrogens with one attached hydrogen (secondary N) is 1. The molecule has 3 atom stereocenters. The Bertz CT molecular complexity index is 580. The van der Waals surface area contributed by atoms with E-state index in [0.717, 1.165) is 44.8 Å². The zero-order chi connectivity index (χ0) is 16.1. The second-order valence-corrected chi connectivity index (χ2v) is 6.24. The molecule has 3 rings (SSSR count). The standard InChI is InChI=1S/C17H27N5O/c1-3-21-12-9-18-17(21)16-15(6-4-13-23-16)20-14(2)7-11-22-10-5-8-19-22/h5,8-10,12,14-16,20H,3-4,6-7,11,13H2,1-2H3/t14-,15+,16+/m1/s1. The van der Waals surface area contributed by atoms with Crippen LogP contribution in [0.4, 0.5) is 0 Å². The summed E-state index contributed by atoms with van der Waals surface area (Å²) in [5.74, 6) is 1.05. The van der Waals surface area contributed by atoms with Crippen LogP contribution in [-0.4, -0.2) is 38.0 Å². The molecule has 0 unspecified atom stereocenters. The first-order chi connectivity index (χ1) is 11.3. The lowest BCUT2D eigenvalue weighted by molar-refractivity contribution is -0.0206. The van der Waals surface area contributed by atoms with E-state index in [2.05, 4.69) is 33.8 Å². The minimum absolute atomic E-state index is 0.0471. The minimum Gasteiger partial charge on any atom is -0.369 e. The first-order valence-corrected chi connectivity index (χ1v) is 8.64. The van der Waals surface area contributed by atoms with E-state index in [4.69, 9.17) is 4.74 Å². The van der Waals surface area contributed by atoms with Crippen LogP contribution in [0.15, 0.2) is 30.9 Å². The quantitative estimate of drug-likeness (QED) is 0.852. The lowest BCUT2D eigenvalue weighted by Crippen LogP contribution is -2.45. The van der Waals surface area contributed by atoms with Crippen LogP contribution in [0.3, 0.4) is 0 Å². The molecule has 6 nitrogen and oxygen atoms in total. The Hall–Kier alpha value is -1.66. The van der Waals surface area contributed by atoms with Crippen molar-refractivity contribution in [2.24, 2.45) is 0 Å². The van der Waals surface area contributed by atoms with E-state index in [1.54, 1.807) is 0 Å². The fourth-order valence-corrected chi connectivity index (χ4v) is 3.26. The van der Waals surface area contributed by atoms with Crippen molar-refractivity contribution in [1.29, 1.82) is 0 Å². The Kier molecular flexibility index (Phi) is 5.46. The average Bonchev–Trinajstić information content (AvgIpc) is 3.24. The van der Waals surface area contributed by atoms with Crippen molar-refractivity contribution < 1.29 is 4.74 Å². The number of hydrogen-bond acceptors (Lipinski definition) is 4. The summed E-state index contributed by atoms with van der Waals surface area (Å²) in [6.45, 7) is 7.06. The van der Waals surface area contributed by atoms with Gasteiger partial charge in [-0.15, -0.1) is 0 Å². The summed E-state index contributed by atoms with van der Waals surface area (Å²) < 4.78 is 10.2. The highest BCUT2D eigenvalue weighted by molar-refractivity contribution is 5.02. The maximum absolute atomic E-state index is 6.07. The molecule has 0 aromatic carbocycles. The molecule has 0 aliphatic carbocycles. The van der Waals surface area contributed by atoms with Gasteiger partial charge in [-0.2, -0.15) is 5.10 Å². The molecular formula is C17H27N5O. The summed E-state index contributed by atoms with van der Waals surface area (Å²) in [6, 6.07) is 2.70.